The molecule has 0 aliphatic carbocycles. The number of fused-ring (bicyclic) bond motifs is 4. The van der Waals surface area contributed by atoms with E-state index in [1.165, 1.54) is 59.8 Å². The molecule has 0 saturated heterocycles. The van der Waals surface area contributed by atoms with E-state index >= 15 is 0 Å². The molecule has 0 N–H and O–H groups in total. The van der Waals surface area contributed by atoms with E-state index in [9.17, 15) is 0 Å². The fraction of sp³-hybridized carbons (Fsp3) is 0.0175. The van der Waals surface area contributed by atoms with E-state index in [1.807, 2.05) is 12.3 Å². The highest BCUT2D eigenvalue weighted by molar-refractivity contribution is 6.22. The highest BCUT2D eigenvalue weighted by Crippen LogP contribution is 2.44. The molecule has 1 heterocycles. The maximum Gasteiger partial charge on any atom is 0.0711 e. The van der Waals surface area contributed by atoms with Gasteiger partial charge in [0.1, 0.15) is 0 Å². The maximum absolute atomic E-state index is 5.40. The zero-order valence-electron chi connectivity index (χ0n) is 32.8. The Balaban J connectivity index is 1.08. The normalized spacial score (nSPS) is 12.1. The lowest BCUT2D eigenvalue weighted by Crippen LogP contribution is -1.98. The minimum absolute atomic E-state index is 0.857. The van der Waals surface area contributed by atoms with Crippen LogP contribution in [0.25, 0.3) is 87.7 Å². The second-order valence-electron chi connectivity index (χ2n) is 15.1. The summed E-state index contributed by atoms with van der Waals surface area (Å²) < 4.78 is 0. The van der Waals surface area contributed by atoms with Crippen LogP contribution in [0.3, 0.4) is 0 Å². The Bertz CT molecular complexity index is 3220. The number of aromatic nitrogens is 1. The molecule has 0 aliphatic rings. The predicted octanol–water partition coefficient (Wildman–Crippen LogP) is 15.3. The minimum atomic E-state index is 0.857. The molecule has 278 valence electrons. The van der Waals surface area contributed by atoms with Crippen molar-refractivity contribution in [2.24, 2.45) is 4.99 Å². The number of benzene rings is 9. The number of allylic oxidation sites excluding steroid dienone is 2. The van der Waals surface area contributed by atoms with Gasteiger partial charge in [-0.15, -0.1) is 0 Å². The first kappa shape index (κ1) is 35.7. The Morgan fingerprint density at radius 3 is 1.59 bits per heavy atom. The molecular formula is C57H40N2. The number of hydrogen-bond donors (Lipinski definition) is 0. The summed E-state index contributed by atoms with van der Waals surface area (Å²) in [4.78, 5) is 9.70. The van der Waals surface area contributed by atoms with Crippen molar-refractivity contribution in [1.82, 2.24) is 4.98 Å². The monoisotopic (exact) mass is 752 g/mol. The van der Waals surface area contributed by atoms with Crippen LogP contribution in [0.1, 0.15) is 23.6 Å². The molecule has 2 nitrogen and oxygen atoms in total. The largest absolute Gasteiger partial charge is 0.264 e. The lowest BCUT2D eigenvalue weighted by Gasteiger charge is -2.18. The molecule has 0 aliphatic heterocycles. The number of nitrogens with zero attached hydrogens (tertiary/aromatic N) is 2. The van der Waals surface area contributed by atoms with Gasteiger partial charge in [-0.3, -0.25) is 9.98 Å². The van der Waals surface area contributed by atoms with Gasteiger partial charge in [0.25, 0.3) is 0 Å². The van der Waals surface area contributed by atoms with Crippen LogP contribution in [-0.2, 0) is 0 Å². The smallest absolute Gasteiger partial charge is 0.0711 e. The SMILES string of the molecule is C=C(/C=C(\N=C(/C)c1cccc(-c2c3ccccc3c(-c3ccc4ccccc4c3)c3ccccc23)c1)c1ccc2ccccc2c1)c1ccc(-c2cccnc2)cc1. The highest BCUT2D eigenvalue weighted by Gasteiger charge is 2.17. The third-order valence-corrected chi connectivity index (χ3v) is 11.4. The maximum atomic E-state index is 5.40. The van der Waals surface area contributed by atoms with Crippen LogP contribution in [0.15, 0.2) is 224 Å². The first-order chi connectivity index (χ1) is 29.1. The fourth-order valence-electron chi connectivity index (χ4n) is 8.43. The van der Waals surface area contributed by atoms with Crippen molar-refractivity contribution in [2.45, 2.75) is 6.92 Å². The molecule has 2 heteroatoms. The molecule has 0 fully saturated rings. The minimum Gasteiger partial charge on any atom is -0.264 e. The molecule has 0 amide bonds. The van der Waals surface area contributed by atoms with Gasteiger partial charge in [-0.25, -0.2) is 0 Å². The van der Waals surface area contributed by atoms with Crippen molar-refractivity contribution in [3.63, 3.8) is 0 Å². The lowest BCUT2D eigenvalue weighted by atomic mass is 9.85. The van der Waals surface area contributed by atoms with Gasteiger partial charge in [0, 0.05) is 23.7 Å². The second kappa shape index (κ2) is 15.3. The van der Waals surface area contributed by atoms with Gasteiger partial charge >= 0.3 is 0 Å². The number of pyridine rings is 1. The fourth-order valence-corrected chi connectivity index (χ4v) is 8.43. The van der Waals surface area contributed by atoms with Crippen molar-refractivity contribution in [2.75, 3.05) is 0 Å². The van der Waals surface area contributed by atoms with E-state index in [0.29, 0.717) is 0 Å². The number of aliphatic imine (C=N–C) groups is 1. The zero-order chi connectivity index (χ0) is 39.7. The number of hydrogen-bond acceptors (Lipinski definition) is 2. The van der Waals surface area contributed by atoms with Crippen molar-refractivity contribution in [3.05, 3.63) is 236 Å². The molecule has 1 aromatic heterocycles. The summed E-state index contributed by atoms with van der Waals surface area (Å²) >= 11 is 0. The first-order valence-electron chi connectivity index (χ1n) is 20.1. The Hall–Kier alpha value is -7.68. The molecule has 10 rings (SSSR count). The summed E-state index contributed by atoms with van der Waals surface area (Å²) in [7, 11) is 0. The van der Waals surface area contributed by atoms with Crippen LogP contribution in [0.4, 0.5) is 0 Å². The molecule has 0 atom stereocenters. The standard InChI is InChI=1S/C57H40N2/c1-38(40-24-26-43(27-25-40)50-19-12-32-58-37-50)33-55(47-30-28-41-13-3-5-15-45(41)35-47)59-39(2)44-17-11-18-48(34-44)56-51-20-7-9-22-53(51)57(54-23-10-8-21-52(54)56)49-31-29-42-14-4-6-16-46(42)36-49/h3-37H,1H2,2H3/b55-33-,59-39+. The van der Waals surface area contributed by atoms with Crippen LogP contribution in [-0.4, -0.2) is 10.7 Å². The molecule has 0 saturated carbocycles. The van der Waals surface area contributed by atoms with E-state index < -0.39 is 0 Å². The summed E-state index contributed by atoms with van der Waals surface area (Å²) in [6.07, 6.45) is 5.80. The Kier molecular flexibility index (Phi) is 9.29. The highest BCUT2D eigenvalue weighted by atomic mass is 14.8. The Labute approximate surface area is 344 Å². The first-order valence-corrected chi connectivity index (χ1v) is 20.1. The van der Waals surface area contributed by atoms with Gasteiger partial charge in [-0.1, -0.05) is 176 Å². The molecule has 9 aromatic carbocycles. The van der Waals surface area contributed by atoms with Gasteiger partial charge in [-0.05, 0) is 130 Å². The van der Waals surface area contributed by atoms with E-state index in [0.717, 1.165) is 50.4 Å². The molecule has 0 radical (unpaired) electrons. The second-order valence-corrected chi connectivity index (χ2v) is 15.1. The average molecular weight is 753 g/mol. The van der Waals surface area contributed by atoms with E-state index in [4.69, 9.17) is 4.99 Å². The van der Waals surface area contributed by atoms with Crippen molar-refractivity contribution in [1.29, 1.82) is 0 Å². The van der Waals surface area contributed by atoms with Crippen molar-refractivity contribution in [3.8, 4) is 33.4 Å². The Morgan fingerprint density at radius 2 is 0.966 bits per heavy atom. The van der Waals surface area contributed by atoms with Crippen molar-refractivity contribution >= 4 is 60.1 Å². The molecule has 0 unspecified atom stereocenters. The van der Waals surface area contributed by atoms with Gasteiger partial charge < -0.3 is 0 Å². The summed E-state index contributed by atoms with van der Waals surface area (Å²) in [5.74, 6) is 0. The zero-order valence-corrected chi connectivity index (χ0v) is 32.8. The molecular weight excluding hydrogens is 713 g/mol. The molecule has 0 bridgehead atoms. The molecule has 10 aromatic rings. The summed E-state index contributed by atoms with van der Waals surface area (Å²) in [5.41, 5.74) is 12.9. The van der Waals surface area contributed by atoms with E-state index in [-0.39, 0.29) is 0 Å². The summed E-state index contributed by atoms with van der Waals surface area (Å²) in [6.45, 7) is 6.64. The molecule has 59 heavy (non-hydrogen) atoms. The predicted molar refractivity (Wildman–Crippen MR) is 253 cm³/mol. The van der Waals surface area contributed by atoms with Gasteiger partial charge in [-0.2, -0.15) is 0 Å². The molecule has 0 spiro atoms. The van der Waals surface area contributed by atoms with Gasteiger partial charge in [0.2, 0.25) is 0 Å². The average Bonchev–Trinajstić information content (AvgIpc) is 3.30. The van der Waals surface area contributed by atoms with Gasteiger partial charge in [0.15, 0.2) is 0 Å². The quantitative estimate of drug-likeness (QED) is 0.0862. The van der Waals surface area contributed by atoms with Crippen LogP contribution in [0, 0.1) is 0 Å². The lowest BCUT2D eigenvalue weighted by molar-refractivity contribution is 1.33. The van der Waals surface area contributed by atoms with Crippen molar-refractivity contribution < 1.29 is 0 Å². The van der Waals surface area contributed by atoms with Crippen LogP contribution >= 0.6 is 0 Å². The third kappa shape index (κ3) is 6.92. The summed E-state index contributed by atoms with van der Waals surface area (Å²) in [6, 6.07) is 69.5. The van der Waals surface area contributed by atoms with Gasteiger partial charge in [0.05, 0.1) is 5.70 Å². The third-order valence-electron chi connectivity index (χ3n) is 11.4. The van der Waals surface area contributed by atoms with Crippen LogP contribution in [0.5, 0.6) is 0 Å². The van der Waals surface area contributed by atoms with E-state index in [1.54, 1.807) is 6.20 Å². The Morgan fingerprint density at radius 1 is 0.441 bits per heavy atom. The van der Waals surface area contributed by atoms with E-state index in [2.05, 4.69) is 213 Å². The summed E-state index contributed by atoms with van der Waals surface area (Å²) in [5, 5.41) is 9.77. The topological polar surface area (TPSA) is 25.2 Å². The van der Waals surface area contributed by atoms with Crippen LogP contribution in [0.2, 0.25) is 0 Å². The van der Waals surface area contributed by atoms with Crippen LogP contribution < -0.4 is 0 Å². The number of rotatable bonds is 8.